The van der Waals surface area contributed by atoms with E-state index in [4.69, 9.17) is 0 Å². The van der Waals surface area contributed by atoms with Crippen molar-refractivity contribution in [1.29, 1.82) is 0 Å². The molecular formula is C20H34. The zero-order valence-electron chi connectivity index (χ0n) is 14.8. The van der Waals surface area contributed by atoms with Crippen molar-refractivity contribution in [3.05, 3.63) is 34.9 Å². The quantitative estimate of drug-likeness (QED) is 0.539. The Morgan fingerprint density at radius 3 is 1.95 bits per heavy atom. The lowest BCUT2D eigenvalue weighted by atomic mass is 9.74. The van der Waals surface area contributed by atoms with Gasteiger partial charge in [-0.2, -0.15) is 0 Å². The van der Waals surface area contributed by atoms with Gasteiger partial charge in [0.25, 0.3) is 0 Å². The van der Waals surface area contributed by atoms with Crippen molar-refractivity contribution in [3.63, 3.8) is 0 Å². The summed E-state index contributed by atoms with van der Waals surface area (Å²) in [7, 11) is 0. The Bertz CT molecular complexity index is 424. The molecule has 1 aromatic rings. The monoisotopic (exact) mass is 274 g/mol. The average Bonchev–Trinajstić information content (AvgIpc) is 2.44. The molecule has 0 saturated heterocycles. The van der Waals surface area contributed by atoms with Gasteiger partial charge in [-0.1, -0.05) is 73.1 Å². The molecule has 0 aliphatic rings. The smallest absolute Gasteiger partial charge is 0.0103 e. The molecule has 20 heavy (non-hydrogen) atoms. The van der Waals surface area contributed by atoms with Gasteiger partial charge in [-0.15, -0.1) is 0 Å². The molecule has 0 amide bonds. The zero-order valence-corrected chi connectivity index (χ0v) is 14.8. The van der Waals surface area contributed by atoms with Crippen LogP contribution in [0.25, 0.3) is 0 Å². The molecule has 0 aliphatic carbocycles. The Morgan fingerprint density at radius 1 is 0.850 bits per heavy atom. The topological polar surface area (TPSA) is 0 Å². The third kappa shape index (κ3) is 3.87. The van der Waals surface area contributed by atoms with Gasteiger partial charge in [0.15, 0.2) is 0 Å². The summed E-state index contributed by atoms with van der Waals surface area (Å²) in [6.07, 6.45) is 6.18. The van der Waals surface area contributed by atoms with E-state index in [-0.39, 0.29) is 10.8 Å². The maximum Gasteiger partial charge on any atom is -0.0103 e. The lowest BCUT2D eigenvalue weighted by Gasteiger charge is -2.31. The Labute approximate surface area is 127 Å². The third-order valence-corrected chi connectivity index (χ3v) is 5.19. The first-order chi connectivity index (χ1) is 9.28. The van der Waals surface area contributed by atoms with Crippen LogP contribution in [-0.4, -0.2) is 0 Å². The van der Waals surface area contributed by atoms with Crippen molar-refractivity contribution in [3.8, 4) is 0 Å². The molecule has 1 aromatic carbocycles. The first-order valence-corrected chi connectivity index (χ1v) is 8.42. The van der Waals surface area contributed by atoms with Crippen molar-refractivity contribution >= 4 is 0 Å². The molecule has 0 heteroatoms. The van der Waals surface area contributed by atoms with Crippen LogP contribution in [0.1, 0.15) is 90.8 Å². The summed E-state index contributed by atoms with van der Waals surface area (Å²) in [5.74, 6) is 0. The van der Waals surface area contributed by atoms with E-state index in [1.54, 1.807) is 11.1 Å². The van der Waals surface area contributed by atoms with Crippen LogP contribution in [0.15, 0.2) is 18.2 Å². The predicted molar refractivity (Wildman–Crippen MR) is 91.7 cm³/mol. The normalized spacial score (nSPS) is 12.8. The maximum atomic E-state index is 2.50. The van der Waals surface area contributed by atoms with E-state index in [1.165, 1.54) is 37.7 Å². The van der Waals surface area contributed by atoms with Gasteiger partial charge in [-0.05, 0) is 53.2 Å². The second-order valence-electron chi connectivity index (χ2n) is 7.45. The standard InChI is InChI=1S/C20H34/c1-8-11-12-16-13-14-17(19(4,5)9-2)15-18(16)20(6,7)10-3/h13-15H,8-12H2,1-7H3. The van der Waals surface area contributed by atoms with Crippen LogP contribution in [-0.2, 0) is 17.3 Å². The molecule has 0 saturated carbocycles. The highest BCUT2D eigenvalue weighted by Crippen LogP contribution is 2.35. The molecule has 0 spiro atoms. The molecule has 0 unspecified atom stereocenters. The SMILES string of the molecule is CCCCc1ccc(C(C)(C)CC)cc1C(C)(C)CC. The van der Waals surface area contributed by atoms with Crippen LogP contribution >= 0.6 is 0 Å². The van der Waals surface area contributed by atoms with Crippen LogP contribution in [0, 0.1) is 0 Å². The second-order valence-corrected chi connectivity index (χ2v) is 7.45. The van der Waals surface area contributed by atoms with Gasteiger partial charge in [0, 0.05) is 0 Å². The van der Waals surface area contributed by atoms with Crippen molar-refractivity contribution in [2.24, 2.45) is 0 Å². The van der Waals surface area contributed by atoms with Crippen LogP contribution in [0.4, 0.5) is 0 Å². The Balaban J connectivity index is 3.29. The molecule has 0 radical (unpaired) electrons. The number of benzene rings is 1. The van der Waals surface area contributed by atoms with Crippen molar-refractivity contribution in [2.45, 2.75) is 91.4 Å². The number of rotatable bonds is 7. The van der Waals surface area contributed by atoms with Gasteiger partial charge >= 0.3 is 0 Å². The largest absolute Gasteiger partial charge is 0.0654 e. The lowest BCUT2D eigenvalue weighted by Crippen LogP contribution is -2.22. The molecule has 0 N–H and O–H groups in total. The van der Waals surface area contributed by atoms with Gasteiger partial charge in [-0.25, -0.2) is 0 Å². The number of hydrogen-bond acceptors (Lipinski definition) is 0. The fourth-order valence-electron chi connectivity index (χ4n) is 2.61. The van der Waals surface area contributed by atoms with Gasteiger partial charge < -0.3 is 0 Å². The Hall–Kier alpha value is -0.780. The highest BCUT2D eigenvalue weighted by molar-refractivity contribution is 5.40. The maximum absolute atomic E-state index is 2.50. The van der Waals surface area contributed by atoms with Crippen molar-refractivity contribution in [2.75, 3.05) is 0 Å². The van der Waals surface area contributed by atoms with Crippen LogP contribution in [0.5, 0.6) is 0 Å². The fraction of sp³-hybridized carbons (Fsp3) is 0.700. The summed E-state index contributed by atoms with van der Waals surface area (Å²) in [5.41, 5.74) is 5.20. The number of hydrogen-bond donors (Lipinski definition) is 0. The van der Waals surface area contributed by atoms with E-state index in [0.29, 0.717) is 0 Å². The van der Waals surface area contributed by atoms with Crippen molar-refractivity contribution < 1.29 is 0 Å². The molecule has 0 heterocycles. The van der Waals surface area contributed by atoms with E-state index in [2.05, 4.69) is 66.7 Å². The zero-order chi connectivity index (χ0) is 15.4. The van der Waals surface area contributed by atoms with E-state index in [0.717, 1.165) is 0 Å². The minimum atomic E-state index is 0.280. The summed E-state index contributed by atoms with van der Waals surface area (Å²) in [4.78, 5) is 0. The van der Waals surface area contributed by atoms with Crippen LogP contribution in [0.2, 0.25) is 0 Å². The number of aryl methyl sites for hydroxylation is 1. The molecule has 0 atom stereocenters. The summed E-state index contributed by atoms with van der Waals surface area (Å²) in [6.45, 7) is 16.4. The average molecular weight is 274 g/mol. The second kappa shape index (κ2) is 6.78. The van der Waals surface area contributed by atoms with Crippen molar-refractivity contribution in [1.82, 2.24) is 0 Å². The molecular weight excluding hydrogens is 240 g/mol. The third-order valence-electron chi connectivity index (χ3n) is 5.19. The number of unbranched alkanes of at least 4 members (excludes halogenated alkanes) is 1. The van der Waals surface area contributed by atoms with Gasteiger partial charge in [-0.3, -0.25) is 0 Å². The lowest BCUT2D eigenvalue weighted by molar-refractivity contribution is 0.484. The summed E-state index contributed by atoms with van der Waals surface area (Å²) in [6, 6.07) is 7.26. The van der Waals surface area contributed by atoms with E-state index < -0.39 is 0 Å². The molecule has 0 bridgehead atoms. The van der Waals surface area contributed by atoms with Gasteiger partial charge in [0.2, 0.25) is 0 Å². The fourth-order valence-corrected chi connectivity index (χ4v) is 2.61. The van der Waals surface area contributed by atoms with Gasteiger partial charge in [0.05, 0.1) is 0 Å². The van der Waals surface area contributed by atoms with E-state index in [9.17, 15) is 0 Å². The molecule has 0 aliphatic heterocycles. The highest BCUT2D eigenvalue weighted by Gasteiger charge is 2.25. The molecule has 0 aromatic heterocycles. The molecule has 0 nitrogen and oxygen atoms in total. The Kier molecular flexibility index (Phi) is 5.86. The first kappa shape index (κ1) is 17.3. The summed E-state index contributed by atoms with van der Waals surface area (Å²) >= 11 is 0. The van der Waals surface area contributed by atoms with Crippen LogP contribution < -0.4 is 0 Å². The summed E-state index contributed by atoms with van der Waals surface area (Å²) < 4.78 is 0. The first-order valence-electron chi connectivity index (χ1n) is 8.42. The highest BCUT2D eigenvalue weighted by atomic mass is 14.3. The van der Waals surface area contributed by atoms with E-state index in [1.807, 2.05) is 0 Å². The Morgan fingerprint density at radius 2 is 1.45 bits per heavy atom. The molecule has 0 fully saturated rings. The minimum absolute atomic E-state index is 0.280. The predicted octanol–water partition coefficient (Wildman–Crippen LogP) is 6.40. The molecule has 114 valence electrons. The molecule has 1 rings (SSSR count). The summed E-state index contributed by atoms with van der Waals surface area (Å²) in [5, 5.41) is 0. The van der Waals surface area contributed by atoms with E-state index >= 15 is 0 Å². The minimum Gasteiger partial charge on any atom is -0.0654 e. The van der Waals surface area contributed by atoms with Gasteiger partial charge in [0.1, 0.15) is 0 Å². The van der Waals surface area contributed by atoms with Crippen LogP contribution in [0.3, 0.4) is 0 Å².